The standard InChI is InChI=1S/C10H12BrNO2S/c1-6(10(12)15)14-9-4-3-7(13-2)5-8(9)11/h3-6H,1-2H3,(H2,12,15). The van der Waals surface area contributed by atoms with Crippen LogP contribution in [0.15, 0.2) is 22.7 Å². The van der Waals surface area contributed by atoms with Crippen LogP contribution in [0, 0.1) is 0 Å². The first-order chi connectivity index (χ1) is 7.04. The van der Waals surface area contributed by atoms with Crippen molar-refractivity contribution < 1.29 is 9.47 Å². The van der Waals surface area contributed by atoms with Gasteiger partial charge in [-0.1, -0.05) is 12.2 Å². The zero-order valence-electron chi connectivity index (χ0n) is 8.49. The highest BCUT2D eigenvalue weighted by Crippen LogP contribution is 2.29. The van der Waals surface area contributed by atoms with Crippen molar-refractivity contribution in [3.63, 3.8) is 0 Å². The molecule has 2 N–H and O–H groups in total. The minimum Gasteiger partial charge on any atom is -0.497 e. The smallest absolute Gasteiger partial charge is 0.145 e. The maximum Gasteiger partial charge on any atom is 0.145 e. The molecule has 0 saturated carbocycles. The zero-order chi connectivity index (χ0) is 11.4. The Kier molecular flexibility index (Phi) is 4.35. The SMILES string of the molecule is COc1ccc(OC(C)C(N)=S)c(Br)c1. The predicted octanol–water partition coefficient (Wildman–Crippen LogP) is 2.51. The first kappa shape index (κ1) is 12.3. The number of thiocarbonyl (C=S) groups is 1. The van der Waals surface area contributed by atoms with Crippen LogP contribution < -0.4 is 15.2 Å². The van der Waals surface area contributed by atoms with Crippen molar-refractivity contribution in [2.75, 3.05) is 7.11 Å². The Morgan fingerprint density at radius 2 is 2.20 bits per heavy atom. The fraction of sp³-hybridized carbons (Fsp3) is 0.300. The van der Waals surface area contributed by atoms with E-state index in [9.17, 15) is 0 Å². The van der Waals surface area contributed by atoms with Crippen molar-refractivity contribution in [1.82, 2.24) is 0 Å². The normalized spacial score (nSPS) is 11.9. The lowest BCUT2D eigenvalue weighted by Gasteiger charge is -2.14. The van der Waals surface area contributed by atoms with Crippen LogP contribution in [0.5, 0.6) is 11.5 Å². The molecule has 0 aromatic heterocycles. The Morgan fingerprint density at radius 1 is 1.53 bits per heavy atom. The summed E-state index contributed by atoms with van der Waals surface area (Å²) >= 11 is 8.20. The number of hydrogen-bond donors (Lipinski definition) is 1. The van der Waals surface area contributed by atoms with E-state index in [2.05, 4.69) is 15.9 Å². The summed E-state index contributed by atoms with van der Waals surface area (Å²) < 4.78 is 11.4. The van der Waals surface area contributed by atoms with Gasteiger partial charge in [-0.3, -0.25) is 0 Å². The average Bonchev–Trinajstić information content (AvgIpc) is 2.20. The topological polar surface area (TPSA) is 44.5 Å². The third-order valence-electron chi connectivity index (χ3n) is 1.84. The van der Waals surface area contributed by atoms with E-state index in [-0.39, 0.29) is 6.10 Å². The summed E-state index contributed by atoms with van der Waals surface area (Å²) in [5, 5.41) is 0. The van der Waals surface area contributed by atoms with E-state index in [1.807, 2.05) is 12.1 Å². The van der Waals surface area contributed by atoms with Gasteiger partial charge in [0, 0.05) is 0 Å². The van der Waals surface area contributed by atoms with E-state index in [0.717, 1.165) is 10.2 Å². The molecule has 0 spiro atoms. The molecule has 1 aromatic rings. The Bertz CT molecular complexity index is 370. The van der Waals surface area contributed by atoms with Gasteiger partial charge in [0.1, 0.15) is 22.6 Å². The van der Waals surface area contributed by atoms with Gasteiger partial charge in [-0.15, -0.1) is 0 Å². The molecular weight excluding hydrogens is 278 g/mol. The van der Waals surface area contributed by atoms with Gasteiger partial charge in [0.2, 0.25) is 0 Å². The molecule has 0 saturated heterocycles. The molecule has 0 radical (unpaired) electrons. The number of rotatable bonds is 4. The van der Waals surface area contributed by atoms with E-state index in [4.69, 9.17) is 27.4 Å². The second-order valence-electron chi connectivity index (χ2n) is 2.96. The monoisotopic (exact) mass is 289 g/mol. The van der Waals surface area contributed by atoms with Gasteiger partial charge in [-0.25, -0.2) is 0 Å². The van der Waals surface area contributed by atoms with Gasteiger partial charge in [0.15, 0.2) is 0 Å². The molecule has 1 unspecified atom stereocenters. The van der Waals surface area contributed by atoms with Crippen molar-refractivity contribution >= 4 is 33.1 Å². The highest BCUT2D eigenvalue weighted by molar-refractivity contribution is 9.10. The van der Waals surface area contributed by atoms with Gasteiger partial charge in [0.25, 0.3) is 0 Å². The minimum absolute atomic E-state index is 0.287. The second-order valence-corrected chi connectivity index (χ2v) is 4.28. The molecule has 0 fully saturated rings. The number of ether oxygens (including phenoxy) is 2. The van der Waals surface area contributed by atoms with Crippen LogP contribution in [0.3, 0.4) is 0 Å². The summed E-state index contributed by atoms with van der Waals surface area (Å²) in [4.78, 5) is 0.331. The molecule has 0 bridgehead atoms. The summed E-state index contributed by atoms with van der Waals surface area (Å²) in [6.45, 7) is 1.80. The third-order valence-corrected chi connectivity index (χ3v) is 2.80. The first-order valence-electron chi connectivity index (χ1n) is 4.34. The highest BCUT2D eigenvalue weighted by atomic mass is 79.9. The van der Waals surface area contributed by atoms with Gasteiger partial charge >= 0.3 is 0 Å². The number of halogens is 1. The summed E-state index contributed by atoms with van der Waals surface area (Å²) in [6.07, 6.45) is -0.287. The summed E-state index contributed by atoms with van der Waals surface area (Å²) in [5.41, 5.74) is 5.46. The molecule has 82 valence electrons. The van der Waals surface area contributed by atoms with Crippen molar-refractivity contribution in [2.24, 2.45) is 5.73 Å². The molecule has 0 amide bonds. The molecule has 15 heavy (non-hydrogen) atoms. The highest BCUT2D eigenvalue weighted by Gasteiger charge is 2.09. The van der Waals surface area contributed by atoms with Crippen LogP contribution >= 0.6 is 28.1 Å². The molecule has 0 aliphatic rings. The molecule has 5 heteroatoms. The lowest BCUT2D eigenvalue weighted by atomic mass is 10.3. The molecule has 3 nitrogen and oxygen atoms in total. The van der Waals surface area contributed by atoms with Crippen LogP contribution in [-0.4, -0.2) is 18.2 Å². The quantitative estimate of drug-likeness (QED) is 0.865. The predicted molar refractivity (Wildman–Crippen MR) is 67.6 cm³/mol. The van der Waals surface area contributed by atoms with Crippen molar-refractivity contribution in [1.29, 1.82) is 0 Å². The molecule has 0 aliphatic carbocycles. The Balaban J connectivity index is 2.82. The van der Waals surface area contributed by atoms with E-state index < -0.39 is 0 Å². The second kappa shape index (κ2) is 5.32. The van der Waals surface area contributed by atoms with Crippen LogP contribution in [-0.2, 0) is 0 Å². The third kappa shape index (κ3) is 3.35. The lowest BCUT2D eigenvalue weighted by molar-refractivity contribution is 0.286. The fourth-order valence-corrected chi connectivity index (χ4v) is 1.45. The number of methoxy groups -OCH3 is 1. The van der Waals surface area contributed by atoms with Gasteiger partial charge in [0.05, 0.1) is 11.6 Å². The summed E-state index contributed by atoms with van der Waals surface area (Å²) in [6, 6.07) is 5.44. The van der Waals surface area contributed by atoms with Crippen molar-refractivity contribution in [3.05, 3.63) is 22.7 Å². The largest absolute Gasteiger partial charge is 0.497 e. The maximum atomic E-state index is 5.54. The van der Waals surface area contributed by atoms with Crippen LogP contribution in [0.2, 0.25) is 0 Å². The van der Waals surface area contributed by atoms with Crippen molar-refractivity contribution in [3.8, 4) is 11.5 Å². The number of nitrogens with two attached hydrogens (primary N) is 1. The molecule has 1 rings (SSSR count). The number of benzene rings is 1. The minimum atomic E-state index is -0.287. The van der Waals surface area contributed by atoms with E-state index in [1.54, 1.807) is 20.1 Å². The van der Waals surface area contributed by atoms with Gasteiger partial charge in [-0.05, 0) is 41.1 Å². The van der Waals surface area contributed by atoms with E-state index in [0.29, 0.717) is 10.7 Å². The first-order valence-corrected chi connectivity index (χ1v) is 5.54. The fourth-order valence-electron chi connectivity index (χ4n) is 0.953. The van der Waals surface area contributed by atoms with E-state index in [1.165, 1.54) is 0 Å². The molecule has 1 aromatic carbocycles. The average molecular weight is 290 g/mol. The lowest BCUT2D eigenvalue weighted by Crippen LogP contribution is -2.28. The van der Waals surface area contributed by atoms with Crippen LogP contribution in [0.25, 0.3) is 0 Å². The molecule has 0 aliphatic heterocycles. The number of hydrogen-bond acceptors (Lipinski definition) is 3. The molecule has 1 atom stereocenters. The van der Waals surface area contributed by atoms with Crippen LogP contribution in [0.1, 0.15) is 6.92 Å². The van der Waals surface area contributed by atoms with Crippen LogP contribution in [0.4, 0.5) is 0 Å². The Labute approximate surface area is 103 Å². The van der Waals surface area contributed by atoms with E-state index >= 15 is 0 Å². The maximum absolute atomic E-state index is 5.54. The van der Waals surface area contributed by atoms with Gasteiger partial charge < -0.3 is 15.2 Å². The zero-order valence-corrected chi connectivity index (χ0v) is 10.9. The Morgan fingerprint density at radius 3 is 2.67 bits per heavy atom. The molecule has 0 heterocycles. The van der Waals surface area contributed by atoms with Crippen molar-refractivity contribution in [2.45, 2.75) is 13.0 Å². The Hall–Kier alpha value is -0.810. The summed E-state index contributed by atoms with van der Waals surface area (Å²) in [7, 11) is 1.61. The summed E-state index contributed by atoms with van der Waals surface area (Å²) in [5.74, 6) is 1.45. The molecular formula is C10H12BrNO2S. The van der Waals surface area contributed by atoms with Gasteiger partial charge in [-0.2, -0.15) is 0 Å².